The van der Waals surface area contributed by atoms with Crippen molar-refractivity contribution in [1.29, 1.82) is 0 Å². The normalized spacial score (nSPS) is 12.0. The van der Waals surface area contributed by atoms with Gasteiger partial charge >= 0.3 is 0 Å². The van der Waals surface area contributed by atoms with E-state index >= 15 is 0 Å². The third-order valence-corrected chi connectivity index (χ3v) is 4.86. The highest BCUT2D eigenvalue weighted by molar-refractivity contribution is 5.61. The Hall–Kier alpha value is -2.14. The van der Waals surface area contributed by atoms with Gasteiger partial charge in [0.2, 0.25) is 5.95 Å². The molecule has 2 N–H and O–H groups in total. The van der Waals surface area contributed by atoms with Crippen molar-refractivity contribution in [3.8, 4) is 17.0 Å². The number of nitrogens with one attached hydrogen (secondary N) is 1. The lowest BCUT2D eigenvalue weighted by atomic mass is 10.1. The molecular formula is C24H37N3O2. The molecule has 1 aromatic heterocycles. The van der Waals surface area contributed by atoms with Gasteiger partial charge in [0.25, 0.3) is 0 Å². The Bertz CT molecular complexity index is 691. The SMILES string of the molecule is CCCCCCCCCCCOc1cccc(-c2ccnc(NCC(C)O)n2)c1. The van der Waals surface area contributed by atoms with Crippen LogP contribution >= 0.6 is 0 Å². The Morgan fingerprint density at radius 1 is 1.00 bits per heavy atom. The van der Waals surface area contributed by atoms with E-state index in [-0.39, 0.29) is 0 Å². The molecule has 29 heavy (non-hydrogen) atoms. The fourth-order valence-electron chi connectivity index (χ4n) is 3.19. The second kappa shape index (κ2) is 13.9. The number of aliphatic hydroxyl groups is 1. The van der Waals surface area contributed by atoms with Crippen LogP contribution in [0.2, 0.25) is 0 Å². The van der Waals surface area contributed by atoms with Crippen LogP contribution in [0.3, 0.4) is 0 Å². The van der Waals surface area contributed by atoms with Crippen LogP contribution in [-0.4, -0.2) is 34.3 Å². The molecule has 1 aromatic carbocycles. The van der Waals surface area contributed by atoms with E-state index in [9.17, 15) is 5.11 Å². The van der Waals surface area contributed by atoms with Gasteiger partial charge in [0, 0.05) is 18.3 Å². The molecule has 1 unspecified atom stereocenters. The number of hydrogen-bond acceptors (Lipinski definition) is 5. The highest BCUT2D eigenvalue weighted by Crippen LogP contribution is 2.23. The van der Waals surface area contributed by atoms with Gasteiger partial charge in [-0.1, -0.05) is 70.4 Å². The van der Waals surface area contributed by atoms with E-state index in [0.717, 1.165) is 30.0 Å². The molecule has 0 aliphatic heterocycles. The van der Waals surface area contributed by atoms with Crippen LogP contribution in [0.25, 0.3) is 11.3 Å². The number of aliphatic hydroxyl groups excluding tert-OH is 1. The molecular weight excluding hydrogens is 362 g/mol. The minimum absolute atomic E-state index is 0.422. The van der Waals surface area contributed by atoms with Crippen molar-refractivity contribution in [3.63, 3.8) is 0 Å². The molecule has 0 aliphatic rings. The van der Waals surface area contributed by atoms with E-state index in [1.165, 1.54) is 51.4 Å². The number of ether oxygens (including phenoxy) is 1. The first kappa shape index (κ1) is 23.1. The second-order valence-electron chi connectivity index (χ2n) is 7.70. The fraction of sp³-hybridized carbons (Fsp3) is 0.583. The van der Waals surface area contributed by atoms with Gasteiger partial charge < -0.3 is 15.2 Å². The van der Waals surface area contributed by atoms with Gasteiger partial charge in [0.05, 0.1) is 18.4 Å². The predicted octanol–water partition coefficient (Wildman–Crippen LogP) is 5.85. The van der Waals surface area contributed by atoms with Gasteiger partial charge in [-0.3, -0.25) is 0 Å². The molecule has 0 amide bonds. The summed E-state index contributed by atoms with van der Waals surface area (Å²) >= 11 is 0. The third kappa shape index (κ3) is 9.75. The van der Waals surface area contributed by atoms with E-state index < -0.39 is 6.10 Å². The molecule has 5 nitrogen and oxygen atoms in total. The van der Waals surface area contributed by atoms with E-state index in [1.54, 1.807) is 13.1 Å². The summed E-state index contributed by atoms with van der Waals surface area (Å²) in [6, 6.07) is 9.91. The number of unbranched alkanes of at least 4 members (excludes halogenated alkanes) is 8. The first-order valence-corrected chi connectivity index (χ1v) is 11.2. The summed E-state index contributed by atoms with van der Waals surface area (Å²) in [4.78, 5) is 8.72. The number of benzene rings is 1. The van der Waals surface area contributed by atoms with E-state index in [2.05, 4.69) is 22.2 Å². The van der Waals surface area contributed by atoms with Crippen molar-refractivity contribution < 1.29 is 9.84 Å². The summed E-state index contributed by atoms with van der Waals surface area (Å²) in [6.45, 7) is 5.16. The zero-order valence-corrected chi connectivity index (χ0v) is 18.1. The number of anilines is 1. The number of aromatic nitrogens is 2. The molecule has 0 spiro atoms. The topological polar surface area (TPSA) is 67.3 Å². The predicted molar refractivity (Wildman–Crippen MR) is 120 cm³/mol. The zero-order chi connectivity index (χ0) is 20.7. The fourth-order valence-corrected chi connectivity index (χ4v) is 3.19. The summed E-state index contributed by atoms with van der Waals surface area (Å²) in [5.41, 5.74) is 1.83. The second-order valence-corrected chi connectivity index (χ2v) is 7.70. The van der Waals surface area contributed by atoms with Crippen LogP contribution < -0.4 is 10.1 Å². The molecule has 160 valence electrons. The van der Waals surface area contributed by atoms with Crippen LogP contribution in [0.1, 0.15) is 71.6 Å². The lowest BCUT2D eigenvalue weighted by Gasteiger charge is -2.10. The number of hydrogen-bond donors (Lipinski definition) is 2. The van der Waals surface area contributed by atoms with Gasteiger partial charge in [-0.05, 0) is 31.5 Å². The van der Waals surface area contributed by atoms with Crippen molar-refractivity contribution in [2.45, 2.75) is 77.7 Å². The smallest absolute Gasteiger partial charge is 0.223 e. The Morgan fingerprint density at radius 3 is 2.45 bits per heavy atom. The molecule has 0 saturated heterocycles. The van der Waals surface area contributed by atoms with Gasteiger partial charge in [0.1, 0.15) is 5.75 Å². The van der Waals surface area contributed by atoms with Gasteiger partial charge in [0.15, 0.2) is 0 Å². The van der Waals surface area contributed by atoms with E-state index in [1.807, 2.05) is 30.3 Å². The summed E-state index contributed by atoms with van der Waals surface area (Å²) < 4.78 is 5.94. The third-order valence-electron chi connectivity index (χ3n) is 4.86. The average Bonchev–Trinajstić information content (AvgIpc) is 2.74. The average molecular weight is 400 g/mol. The standard InChI is InChI=1S/C24H37N3O2/c1-3-4-5-6-7-8-9-10-11-17-29-22-14-12-13-21(18-22)23-15-16-25-24(27-23)26-19-20(2)28/h12-16,18,20,28H,3-11,17,19H2,1-2H3,(H,25,26,27). The lowest BCUT2D eigenvalue weighted by Crippen LogP contribution is -2.16. The Balaban J connectivity index is 1.72. The molecule has 2 rings (SSSR count). The molecule has 0 bridgehead atoms. The highest BCUT2D eigenvalue weighted by atomic mass is 16.5. The molecule has 2 aromatic rings. The number of nitrogens with zero attached hydrogens (tertiary/aromatic N) is 2. The maximum absolute atomic E-state index is 9.40. The summed E-state index contributed by atoms with van der Waals surface area (Å²) in [5.74, 6) is 1.39. The van der Waals surface area contributed by atoms with Crippen LogP contribution in [0.4, 0.5) is 5.95 Å². The molecule has 1 atom stereocenters. The molecule has 5 heteroatoms. The van der Waals surface area contributed by atoms with Crippen LogP contribution in [0.5, 0.6) is 5.75 Å². The van der Waals surface area contributed by atoms with Crippen LogP contribution in [0, 0.1) is 0 Å². The van der Waals surface area contributed by atoms with Gasteiger partial charge in [-0.25, -0.2) is 9.97 Å². The maximum Gasteiger partial charge on any atom is 0.223 e. The van der Waals surface area contributed by atoms with E-state index in [4.69, 9.17) is 4.74 Å². The van der Waals surface area contributed by atoms with Crippen LogP contribution in [-0.2, 0) is 0 Å². The monoisotopic (exact) mass is 399 g/mol. The molecule has 0 aliphatic carbocycles. The first-order chi connectivity index (χ1) is 14.2. The molecule has 0 fully saturated rings. The Labute approximate surface area is 175 Å². The van der Waals surface area contributed by atoms with Crippen molar-refractivity contribution in [1.82, 2.24) is 9.97 Å². The van der Waals surface area contributed by atoms with Crippen molar-refractivity contribution >= 4 is 5.95 Å². The maximum atomic E-state index is 9.40. The van der Waals surface area contributed by atoms with E-state index in [0.29, 0.717) is 12.5 Å². The minimum atomic E-state index is -0.444. The van der Waals surface area contributed by atoms with Crippen molar-refractivity contribution in [2.24, 2.45) is 0 Å². The number of rotatable bonds is 15. The van der Waals surface area contributed by atoms with Crippen molar-refractivity contribution in [2.75, 3.05) is 18.5 Å². The first-order valence-electron chi connectivity index (χ1n) is 11.2. The molecule has 0 radical (unpaired) electrons. The molecule has 1 heterocycles. The minimum Gasteiger partial charge on any atom is -0.494 e. The largest absolute Gasteiger partial charge is 0.494 e. The summed E-state index contributed by atoms with van der Waals surface area (Å²) in [5, 5.41) is 12.4. The quantitative estimate of drug-likeness (QED) is 0.368. The zero-order valence-electron chi connectivity index (χ0n) is 18.1. The van der Waals surface area contributed by atoms with Gasteiger partial charge in [-0.15, -0.1) is 0 Å². The summed E-state index contributed by atoms with van der Waals surface area (Å²) in [7, 11) is 0. The summed E-state index contributed by atoms with van der Waals surface area (Å²) in [6.07, 6.45) is 13.1. The highest BCUT2D eigenvalue weighted by Gasteiger charge is 2.05. The Kier molecular flexibility index (Phi) is 11.1. The molecule has 0 saturated carbocycles. The lowest BCUT2D eigenvalue weighted by molar-refractivity contribution is 0.208. The van der Waals surface area contributed by atoms with Crippen LogP contribution in [0.15, 0.2) is 36.5 Å². The van der Waals surface area contributed by atoms with Crippen molar-refractivity contribution in [3.05, 3.63) is 36.5 Å². The van der Waals surface area contributed by atoms with Gasteiger partial charge in [-0.2, -0.15) is 0 Å². The Morgan fingerprint density at radius 2 is 1.72 bits per heavy atom.